The topological polar surface area (TPSA) is 123 Å². The van der Waals surface area contributed by atoms with E-state index in [2.05, 4.69) is 26.7 Å². The predicted octanol–water partition coefficient (Wildman–Crippen LogP) is 3.85. The highest BCUT2D eigenvalue weighted by atomic mass is 35.5. The molecule has 37 heavy (non-hydrogen) atoms. The van der Waals surface area contributed by atoms with Crippen molar-refractivity contribution in [1.29, 1.82) is 0 Å². The molecule has 198 valence electrons. The van der Waals surface area contributed by atoms with E-state index in [-0.39, 0.29) is 40.9 Å². The van der Waals surface area contributed by atoms with Crippen molar-refractivity contribution in [1.82, 2.24) is 20.2 Å². The Morgan fingerprint density at radius 1 is 1.19 bits per heavy atom. The van der Waals surface area contributed by atoms with Crippen LogP contribution in [0, 0.1) is 0 Å². The molecule has 1 unspecified atom stereocenters. The number of carbonyl (C=O) groups is 3. The first-order valence-corrected chi connectivity index (χ1v) is 12.3. The fourth-order valence-electron chi connectivity index (χ4n) is 3.53. The molecule has 0 bridgehead atoms. The number of aromatic nitrogens is 2. The quantitative estimate of drug-likeness (QED) is 0.558. The van der Waals surface area contributed by atoms with E-state index >= 15 is 0 Å². The van der Waals surface area contributed by atoms with Crippen molar-refractivity contribution in [2.24, 2.45) is 0 Å². The standard InChI is InChI=1S/C26H32ClN5O5/c1-16(24(34)28-5)36-21-12-22(30-14-19(21)27)31-23(33)11-17-8-9-20(29-13-17)18-7-6-10-32(15-18)25(35)37-26(2,3)4/h7-9,12-14,16H,6,10-11,15H2,1-5H3,(H,28,34)(H,30,31,33). The molecule has 3 heterocycles. The molecule has 0 spiro atoms. The number of nitrogens with one attached hydrogen (secondary N) is 2. The molecule has 1 aliphatic rings. The lowest BCUT2D eigenvalue weighted by Crippen LogP contribution is -2.39. The van der Waals surface area contributed by atoms with Gasteiger partial charge in [-0.15, -0.1) is 0 Å². The molecule has 3 rings (SSSR count). The van der Waals surface area contributed by atoms with Crippen LogP contribution in [0.25, 0.3) is 5.57 Å². The smallest absolute Gasteiger partial charge is 0.410 e. The number of hydrogen-bond donors (Lipinski definition) is 2. The summed E-state index contributed by atoms with van der Waals surface area (Å²) in [5, 5.41) is 5.41. The summed E-state index contributed by atoms with van der Waals surface area (Å²) in [5.74, 6) is -0.137. The van der Waals surface area contributed by atoms with E-state index < -0.39 is 11.7 Å². The zero-order valence-corrected chi connectivity index (χ0v) is 22.4. The lowest BCUT2D eigenvalue weighted by Gasteiger charge is -2.30. The van der Waals surface area contributed by atoms with Gasteiger partial charge in [0.2, 0.25) is 5.91 Å². The maximum absolute atomic E-state index is 12.6. The third kappa shape index (κ3) is 8.18. The first-order chi connectivity index (χ1) is 17.4. The number of halogens is 1. The highest BCUT2D eigenvalue weighted by Gasteiger charge is 2.25. The lowest BCUT2D eigenvalue weighted by molar-refractivity contribution is -0.126. The van der Waals surface area contributed by atoms with Gasteiger partial charge in [-0.1, -0.05) is 23.7 Å². The summed E-state index contributed by atoms with van der Waals surface area (Å²) >= 11 is 6.11. The molecule has 10 nitrogen and oxygen atoms in total. The summed E-state index contributed by atoms with van der Waals surface area (Å²) < 4.78 is 11.1. The van der Waals surface area contributed by atoms with Crippen LogP contribution in [0.4, 0.5) is 10.6 Å². The molecule has 0 fully saturated rings. The fourth-order valence-corrected chi connectivity index (χ4v) is 3.68. The van der Waals surface area contributed by atoms with Crippen LogP contribution < -0.4 is 15.4 Å². The molecule has 0 saturated heterocycles. The molecular weight excluding hydrogens is 498 g/mol. The van der Waals surface area contributed by atoms with Crippen molar-refractivity contribution in [3.05, 3.63) is 52.9 Å². The van der Waals surface area contributed by atoms with Crippen molar-refractivity contribution in [2.45, 2.75) is 52.2 Å². The Morgan fingerprint density at radius 3 is 2.59 bits per heavy atom. The molecule has 0 aromatic carbocycles. The molecule has 2 N–H and O–H groups in total. The van der Waals surface area contributed by atoms with Gasteiger partial charge in [0.15, 0.2) is 6.10 Å². The van der Waals surface area contributed by atoms with Gasteiger partial charge in [-0.25, -0.2) is 9.78 Å². The van der Waals surface area contributed by atoms with E-state index in [1.54, 1.807) is 18.0 Å². The molecule has 1 aliphatic heterocycles. The second kappa shape index (κ2) is 12.1. The van der Waals surface area contributed by atoms with Crippen LogP contribution in [-0.4, -0.2) is 64.6 Å². The minimum Gasteiger partial charge on any atom is -0.479 e. The van der Waals surface area contributed by atoms with Gasteiger partial charge in [0.05, 0.1) is 24.9 Å². The van der Waals surface area contributed by atoms with Gasteiger partial charge in [-0.2, -0.15) is 0 Å². The van der Waals surface area contributed by atoms with Crippen LogP contribution in [-0.2, 0) is 20.7 Å². The van der Waals surface area contributed by atoms with E-state index in [9.17, 15) is 14.4 Å². The third-order valence-electron chi connectivity index (χ3n) is 5.33. The molecule has 0 radical (unpaired) electrons. The Labute approximate surface area is 221 Å². The van der Waals surface area contributed by atoms with E-state index in [1.165, 1.54) is 19.3 Å². The summed E-state index contributed by atoms with van der Waals surface area (Å²) in [6.07, 6.45) is 4.71. The van der Waals surface area contributed by atoms with Gasteiger partial charge in [0, 0.05) is 25.9 Å². The maximum Gasteiger partial charge on any atom is 0.410 e. The van der Waals surface area contributed by atoms with Crippen LogP contribution in [0.3, 0.4) is 0 Å². The molecule has 3 amide bonds. The number of hydrogen-bond acceptors (Lipinski definition) is 7. The molecule has 1 atom stereocenters. The Kier molecular flexibility index (Phi) is 9.09. The molecule has 0 aliphatic carbocycles. The van der Waals surface area contributed by atoms with E-state index in [0.29, 0.717) is 25.1 Å². The van der Waals surface area contributed by atoms with Crippen LogP contribution in [0.15, 0.2) is 36.7 Å². The van der Waals surface area contributed by atoms with Crippen LogP contribution >= 0.6 is 11.6 Å². The summed E-state index contributed by atoms with van der Waals surface area (Å²) in [7, 11) is 1.51. The number of nitrogens with zero attached hydrogens (tertiary/aromatic N) is 3. The van der Waals surface area contributed by atoms with Gasteiger partial charge in [0.25, 0.3) is 5.91 Å². The minimum atomic E-state index is -0.770. The summed E-state index contributed by atoms with van der Waals surface area (Å²) in [4.78, 5) is 47.0. The van der Waals surface area contributed by atoms with Gasteiger partial charge in [0.1, 0.15) is 22.2 Å². The van der Waals surface area contributed by atoms with Crippen molar-refractivity contribution in [3.8, 4) is 5.75 Å². The van der Waals surface area contributed by atoms with Crippen molar-refractivity contribution in [3.63, 3.8) is 0 Å². The number of amides is 3. The lowest BCUT2D eigenvalue weighted by atomic mass is 10.0. The molecule has 0 saturated carbocycles. The number of pyridine rings is 2. The first-order valence-electron chi connectivity index (χ1n) is 11.9. The van der Waals surface area contributed by atoms with Crippen molar-refractivity contribution >= 4 is 40.9 Å². The Balaban J connectivity index is 1.59. The zero-order valence-electron chi connectivity index (χ0n) is 21.6. The highest BCUT2D eigenvalue weighted by molar-refractivity contribution is 6.32. The summed E-state index contributed by atoms with van der Waals surface area (Å²) in [5.41, 5.74) is 1.82. The van der Waals surface area contributed by atoms with Crippen molar-refractivity contribution in [2.75, 3.05) is 25.5 Å². The molecular formula is C26H32ClN5O5. The van der Waals surface area contributed by atoms with E-state index in [4.69, 9.17) is 21.1 Å². The van der Waals surface area contributed by atoms with Gasteiger partial charge in [-0.05, 0) is 51.3 Å². The number of anilines is 1. The minimum absolute atomic E-state index is 0.0749. The van der Waals surface area contributed by atoms with Gasteiger partial charge in [-0.3, -0.25) is 14.6 Å². The van der Waals surface area contributed by atoms with Crippen molar-refractivity contribution < 1.29 is 23.9 Å². The largest absolute Gasteiger partial charge is 0.479 e. The Morgan fingerprint density at radius 2 is 1.95 bits per heavy atom. The van der Waals surface area contributed by atoms with Crippen LogP contribution in [0.2, 0.25) is 5.02 Å². The van der Waals surface area contributed by atoms with Crippen LogP contribution in [0.5, 0.6) is 5.75 Å². The predicted molar refractivity (Wildman–Crippen MR) is 140 cm³/mol. The maximum atomic E-state index is 12.6. The number of rotatable bonds is 7. The van der Waals surface area contributed by atoms with E-state index in [0.717, 1.165) is 11.3 Å². The summed E-state index contributed by atoms with van der Waals surface area (Å²) in [6.45, 7) is 8.10. The SMILES string of the molecule is CNC(=O)C(C)Oc1cc(NC(=O)Cc2ccc(C3=CCCN(C(=O)OC(C)(C)C)C3)nc2)ncc1Cl. The zero-order chi connectivity index (χ0) is 27.2. The van der Waals surface area contributed by atoms with Gasteiger partial charge < -0.3 is 25.0 Å². The fraction of sp³-hybridized carbons (Fsp3) is 0.423. The molecule has 2 aromatic heterocycles. The number of carbonyl (C=O) groups excluding carboxylic acids is 3. The first kappa shape index (κ1) is 27.9. The average Bonchev–Trinajstić information content (AvgIpc) is 2.85. The normalized spacial score (nSPS) is 14.3. The van der Waals surface area contributed by atoms with Gasteiger partial charge >= 0.3 is 6.09 Å². The Hall–Kier alpha value is -3.66. The number of ether oxygens (including phenoxy) is 2. The second-order valence-electron chi connectivity index (χ2n) is 9.57. The molecule has 11 heteroatoms. The number of likely N-dealkylation sites (N-methyl/N-ethyl adjacent to an activating group) is 1. The highest BCUT2D eigenvalue weighted by Crippen LogP contribution is 2.27. The van der Waals surface area contributed by atoms with E-state index in [1.807, 2.05) is 32.9 Å². The Bertz CT molecular complexity index is 1180. The third-order valence-corrected chi connectivity index (χ3v) is 5.61. The summed E-state index contributed by atoms with van der Waals surface area (Å²) in [6, 6.07) is 5.12. The molecule has 2 aromatic rings. The second-order valence-corrected chi connectivity index (χ2v) is 9.98. The average molecular weight is 530 g/mol. The monoisotopic (exact) mass is 529 g/mol. The van der Waals surface area contributed by atoms with Crippen LogP contribution in [0.1, 0.15) is 45.4 Å².